The van der Waals surface area contributed by atoms with Crippen LogP contribution in [-0.2, 0) is 11.3 Å². The van der Waals surface area contributed by atoms with Gasteiger partial charge in [-0.25, -0.2) is 4.39 Å². The molecule has 1 aromatic rings. The van der Waals surface area contributed by atoms with Gasteiger partial charge in [-0.05, 0) is 70.3 Å². The van der Waals surface area contributed by atoms with Gasteiger partial charge in [0.15, 0.2) is 0 Å². The van der Waals surface area contributed by atoms with Crippen LogP contribution in [0, 0.1) is 11.7 Å². The second kappa shape index (κ2) is 10.4. The number of nitrogens with one attached hydrogen (secondary N) is 1. The van der Waals surface area contributed by atoms with Crippen LogP contribution in [0.5, 0.6) is 0 Å². The molecule has 1 amide bonds. The van der Waals surface area contributed by atoms with E-state index in [-0.39, 0.29) is 30.2 Å². The van der Waals surface area contributed by atoms with Crippen molar-refractivity contribution in [2.45, 2.75) is 52.1 Å². The van der Waals surface area contributed by atoms with Gasteiger partial charge < -0.3 is 10.2 Å². The van der Waals surface area contributed by atoms with Gasteiger partial charge in [0.05, 0.1) is 0 Å². The highest BCUT2D eigenvalue weighted by molar-refractivity contribution is 9.10. The van der Waals surface area contributed by atoms with Crippen LogP contribution in [-0.4, -0.2) is 29.9 Å². The first-order valence-electron chi connectivity index (χ1n) is 8.41. The smallest absolute Gasteiger partial charge is 0.223 e. The van der Waals surface area contributed by atoms with E-state index in [0.29, 0.717) is 24.4 Å². The van der Waals surface area contributed by atoms with Crippen molar-refractivity contribution in [3.05, 3.63) is 34.1 Å². The average molecular weight is 422 g/mol. The predicted molar refractivity (Wildman–Crippen MR) is 102 cm³/mol. The van der Waals surface area contributed by atoms with E-state index in [4.69, 9.17) is 0 Å². The number of benzene rings is 1. The Bertz CT molecular complexity index is 536. The molecule has 0 aromatic heterocycles. The zero-order valence-corrected chi connectivity index (χ0v) is 16.8. The summed E-state index contributed by atoms with van der Waals surface area (Å²) < 4.78 is 14.8. The maximum absolute atomic E-state index is 14.0. The maximum Gasteiger partial charge on any atom is 0.223 e. The van der Waals surface area contributed by atoms with E-state index in [1.807, 2.05) is 13.8 Å². The molecule has 1 heterocycles. The molecule has 0 radical (unpaired) electrons. The van der Waals surface area contributed by atoms with Crippen molar-refractivity contribution < 1.29 is 9.18 Å². The summed E-state index contributed by atoms with van der Waals surface area (Å²) in [6.07, 6.45) is 3.79. The topological polar surface area (TPSA) is 32.3 Å². The normalized spacial score (nSPS) is 15.2. The van der Waals surface area contributed by atoms with Gasteiger partial charge in [-0.15, -0.1) is 12.4 Å². The number of hydrogen-bond acceptors (Lipinski definition) is 2. The lowest BCUT2D eigenvalue weighted by molar-refractivity contribution is -0.134. The van der Waals surface area contributed by atoms with E-state index in [0.717, 1.165) is 36.8 Å². The molecule has 3 nitrogen and oxygen atoms in total. The van der Waals surface area contributed by atoms with Crippen LogP contribution in [0.1, 0.15) is 45.1 Å². The zero-order valence-electron chi connectivity index (χ0n) is 14.4. The average Bonchev–Trinajstić information content (AvgIpc) is 2.54. The Morgan fingerprint density at radius 3 is 2.67 bits per heavy atom. The Balaban J connectivity index is 0.00000288. The van der Waals surface area contributed by atoms with E-state index < -0.39 is 0 Å². The second-order valence-electron chi connectivity index (χ2n) is 6.58. The van der Waals surface area contributed by atoms with Crippen molar-refractivity contribution >= 4 is 34.2 Å². The van der Waals surface area contributed by atoms with Crippen molar-refractivity contribution in [3.8, 4) is 0 Å². The van der Waals surface area contributed by atoms with Crippen LogP contribution in [0.15, 0.2) is 22.7 Å². The molecule has 1 aliphatic rings. The lowest BCUT2D eigenvalue weighted by atomic mass is 9.93. The molecule has 1 aliphatic heterocycles. The molecule has 1 N–H and O–H groups in total. The number of carbonyl (C=O) groups excluding carboxylic acids is 1. The van der Waals surface area contributed by atoms with Gasteiger partial charge in [0.25, 0.3) is 0 Å². The van der Waals surface area contributed by atoms with Gasteiger partial charge in [-0.1, -0.05) is 15.9 Å². The lowest BCUT2D eigenvalue weighted by Gasteiger charge is -2.29. The Morgan fingerprint density at radius 2 is 2.04 bits per heavy atom. The van der Waals surface area contributed by atoms with Gasteiger partial charge in [0, 0.05) is 29.0 Å². The second-order valence-corrected chi connectivity index (χ2v) is 7.50. The summed E-state index contributed by atoms with van der Waals surface area (Å²) >= 11 is 3.37. The van der Waals surface area contributed by atoms with Crippen molar-refractivity contribution in [2.24, 2.45) is 5.92 Å². The summed E-state index contributed by atoms with van der Waals surface area (Å²) in [5, 5.41) is 3.35. The lowest BCUT2D eigenvalue weighted by Crippen LogP contribution is -2.37. The first-order valence-corrected chi connectivity index (χ1v) is 9.20. The van der Waals surface area contributed by atoms with Crippen LogP contribution in [0.3, 0.4) is 0 Å². The molecule has 24 heavy (non-hydrogen) atoms. The SMILES string of the molecule is CC(C)N(Cc1cc(Br)ccc1F)C(=O)CCC1CCNCC1.Cl. The summed E-state index contributed by atoms with van der Waals surface area (Å²) in [4.78, 5) is 14.4. The third-order valence-electron chi connectivity index (χ3n) is 4.52. The first-order chi connectivity index (χ1) is 11.0. The minimum absolute atomic E-state index is 0. The summed E-state index contributed by atoms with van der Waals surface area (Å²) in [6, 6.07) is 4.94. The Kier molecular flexibility index (Phi) is 9.24. The molecule has 0 unspecified atom stereocenters. The highest BCUT2D eigenvalue weighted by Gasteiger charge is 2.21. The Hall–Kier alpha value is -0.650. The molecular formula is C18H27BrClFN2O. The number of carbonyl (C=O) groups is 1. The minimum atomic E-state index is -0.259. The van der Waals surface area contributed by atoms with E-state index >= 15 is 0 Å². The summed E-state index contributed by atoms with van der Waals surface area (Å²) in [7, 11) is 0. The molecule has 136 valence electrons. The fourth-order valence-electron chi connectivity index (χ4n) is 3.05. The van der Waals surface area contributed by atoms with Crippen LogP contribution in [0.2, 0.25) is 0 Å². The molecule has 0 spiro atoms. The number of piperidine rings is 1. The Morgan fingerprint density at radius 1 is 1.38 bits per heavy atom. The van der Waals surface area contributed by atoms with Gasteiger partial charge in [0.2, 0.25) is 5.91 Å². The van der Waals surface area contributed by atoms with Crippen molar-refractivity contribution in [1.82, 2.24) is 10.2 Å². The largest absolute Gasteiger partial charge is 0.336 e. The van der Waals surface area contributed by atoms with E-state index in [1.54, 1.807) is 17.0 Å². The quantitative estimate of drug-likeness (QED) is 0.732. The van der Waals surface area contributed by atoms with Crippen molar-refractivity contribution in [2.75, 3.05) is 13.1 Å². The van der Waals surface area contributed by atoms with Gasteiger partial charge in [0.1, 0.15) is 5.82 Å². The van der Waals surface area contributed by atoms with E-state index in [9.17, 15) is 9.18 Å². The van der Waals surface area contributed by atoms with Crippen LogP contribution in [0.4, 0.5) is 4.39 Å². The van der Waals surface area contributed by atoms with Gasteiger partial charge in [-0.2, -0.15) is 0 Å². The fraction of sp³-hybridized carbons (Fsp3) is 0.611. The highest BCUT2D eigenvalue weighted by atomic mass is 79.9. The third-order valence-corrected chi connectivity index (χ3v) is 5.01. The van der Waals surface area contributed by atoms with E-state index in [1.165, 1.54) is 6.07 Å². The standard InChI is InChI=1S/C18H26BrFN2O.ClH/c1-13(2)22(12-15-11-16(19)4-5-17(15)20)18(23)6-3-14-7-9-21-10-8-14;/h4-5,11,13-14,21H,3,6-10,12H2,1-2H3;1H. The monoisotopic (exact) mass is 420 g/mol. The molecule has 0 atom stereocenters. The number of nitrogens with zero attached hydrogens (tertiary/aromatic N) is 1. The van der Waals surface area contributed by atoms with Crippen molar-refractivity contribution in [1.29, 1.82) is 0 Å². The third kappa shape index (κ3) is 6.34. The minimum Gasteiger partial charge on any atom is -0.336 e. The molecule has 1 aromatic carbocycles. The summed E-state index contributed by atoms with van der Waals surface area (Å²) in [5.41, 5.74) is 0.559. The van der Waals surface area contributed by atoms with Crippen molar-refractivity contribution in [3.63, 3.8) is 0 Å². The first kappa shape index (κ1) is 21.4. The predicted octanol–water partition coefficient (Wildman–Crippen LogP) is 4.53. The number of amides is 1. The van der Waals surface area contributed by atoms with Gasteiger partial charge in [-0.3, -0.25) is 4.79 Å². The summed E-state index contributed by atoms with van der Waals surface area (Å²) in [5.74, 6) is 0.500. The van der Waals surface area contributed by atoms with Crippen LogP contribution >= 0.6 is 28.3 Å². The molecule has 6 heteroatoms. The molecular weight excluding hydrogens is 395 g/mol. The Labute approximate surface area is 158 Å². The number of halogens is 3. The van der Waals surface area contributed by atoms with Gasteiger partial charge >= 0.3 is 0 Å². The number of rotatable bonds is 6. The van der Waals surface area contributed by atoms with E-state index in [2.05, 4.69) is 21.2 Å². The maximum atomic E-state index is 14.0. The molecule has 0 saturated carbocycles. The molecule has 0 bridgehead atoms. The van der Waals surface area contributed by atoms with Crippen LogP contribution in [0.25, 0.3) is 0 Å². The number of hydrogen-bond donors (Lipinski definition) is 1. The molecule has 1 saturated heterocycles. The highest BCUT2D eigenvalue weighted by Crippen LogP contribution is 2.21. The van der Waals surface area contributed by atoms with Crippen LogP contribution < -0.4 is 5.32 Å². The molecule has 1 fully saturated rings. The summed E-state index contributed by atoms with van der Waals surface area (Å²) in [6.45, 7) is 6.40. The molecule has 0 aliphatic carbocycles. The zero-order chi connectivity index (χ0) is 16.8. The molecule has 2 rings (SSSR count). The fourth-order valence-corrected chi connectivity index (χ4v) is 3.46.